The van der Waals surface area contributed by atoms with Crippen LogP contribution >= 0.6 is 0 Å². The van der Waals surface area contributed by atoms with E-state index in [2.05, 4.69) is 26.7 Å². The molecule has 0 aliphatic carbocycles. The molecule has 0 aromatic carbocycles. The molecule has 2 aromatic heterocycles. The van der Waals surface area contributed by atoms with Gasteiger partial charge in [0.1, 0.15) is 11.7 Å². The Morgan fingerprint density at radius 2 is 1.86 bits per heavy atom. The number of carbonyl (C=O) groups is 2. The van der Waals surface area contributed by atoms with Crippen LogP contribution in [0.1, 0.15) is 25.8 Å². The van der Waals surface area contributed by atoms with E-state index >= 15 is 0 Å². The number of hydrogen-bond donors (Lipinski definition) is 2. The largest absolute Gasteiger partial charge is 0.481 e. The Hall–Kier alpha value is -3.54. The maximum atomic E-state index is 12.7. The third kappa shape index (κ3) is 4.22. The van der Waals surface area contributed by atoms with E-state index in [9.17, 15) is 14.7 Å². The fourth-order valence-corrected chi connectivity index (χ4v) is 5.11. The first-order chi connectivity index (χ1) is 16.8. The standard InChI is InChI=1S/C23H30N8O4/c1-14(20(33)34)19(32)30-6-4-23(2,13-30)31-5-3-16-17(15-11-25-21(24)26-12-15)27-22(28-18(16)31)29-7-9-35-10-8-29/h11-12,14H,3-10,13H2,1-2H3,(H,33,34)(H2,24,25,26)/t14?,23-/m0/s1. The molecule has 2 aromatic rings. The molecule has 3 aliphatic rings. The highest BCUT2D eigenvalue weighted by Gasteiger charge is 2.45. The quantitative estimate of drug-likeness (QED) is 0.571. The van der Waals surface area contributed by atoms with Crippen LogP contribution in [0.15, 0.2) is 12.4 Å². The molecular formula is C23H30N8O4. The van der Waals surface area contributed by atoms with Crippen LogP contribution in [0.4, 0.5) is 17.7 Å². The maximum Gasteiger partial charge on any atom is 0.315 e. The van der Waals surface area contributed by atoms with Crippen LogP contribution in [0.2, 0.25) is 0 Å². The van der Waals surface area contributed by atoms with Gasteiger partial charge in [0.15, 0.2) is 0 Å². The van der Waals surface area contributed by atoms with Crippen molar-refractivity contribution in [2.45, 2.75) is 32.2 Å². The molecule has 2 fully saturated rings. The first-order valence-electron chi connectivity index (χ1n) is 11.9. The summed E-state index contributed by atoms with van der Waals surface area (Å²) < 4.78 is 5.51. The highest BCUT2D eigenvalue weighted by molar-refractivity contribution is 5.96. The monoisotopic (exact) mass is 482 g/mol. The first kappa shape index (κ1) is 23.2. The van der Waals surface area contributed by atoms with Gasteiger partial charge in [0, 0.05) is 56.2 Å². The van der Waals surface area contributed by atoms with Crippen molar-refractivity contribution >= 4 is 29.6 Å². The Labute approximate surface area is 203 Å². The van der Waals surface area contributed by atoms with Gasteiger partial charge in [0.05, 0.1) is 24.4 Å². The van der Waals surface area contributed by atoms with E-state index in [0.717, 1.165) is 42.0 Å². The van der Waals surface area contributed by atoms with Crippen molar-refractivity contribution in [3.63, 3.8) is 0 Å². The number of aliphatic carboxylic acids is 1. The SMILES string of the molecule is CC(C(=O)O)C(=O)N1CC[C@](C)(N2CCc3c(-c4cnc(N)nc4)nc(N4CCOCC4)nc32)C1. The topological polar surface area (TPSA) is 151 Å². The Bertz CT molecular complexity index is 1140. The first-order valence-corrected chi connectivity index (χ1v) is 11.9. The fraction of sp³-hybridized carbons (Fsp3) is 0.565. The molecule has 186 valence electrons. The predicted octanol–water partition coefficient (Wildman–Crippen LogP) is 0.427. The summed E-state index contributed by atoms with van der Waals surface area (Å²) in [4.78, 5) is 48.4. The number of hydrogen-bond acceptors (Lipinski definition) is 10. The van der Waals surface area contributed by atoms with Gasteiger partial charge in [-0.25, -0.2) is 15.0 Å². The zero-order chi connectivity index (χ0) is 24.7. The molecule has 2 atom stereocenters. The second kappa shape index (κ2) is 8.91. The average Bonchev–Trinajstić information content (AvgIpc) is 3.48. The minimum absolute atomic E-state index is 0.202. The number of rotatable bonds is 5. The third-order valence-corrected chi connectivity index (χ3v) is 7.21. The number of anilines is 3. The van der Waals surface area contributed by atoms with Crippen LogP contribution in [-0.4, -0.2) is 93.3 Å². The summed E-state index contributed by atoms with van der Waals surface area (Å²) in [6, 6.07) is 0. The normalized spacial score (nSPS) is 22.9. The Morgan fingerprint density at radius 3 is 2.54 bits per heavy atom. The number of nitrogens with zero attached hydrogens (tertiary/aromatic N) is 7. The van der Waals surface area contributed by atoms with Crippen molar-refractivity contribution < 1.29 is 19.4 Å². The van der Waals surface area contributed by atoms with Crippen molar-refractivity contribution in [2.75, 3.05) is 61.5 Å². The van der Waals surface area contributed by atoms with E-state index < -0.39 is 11.9 Å². The Morgan fingerprint density at radius 1 is 1.14 bits per heavy atom. The molecule has 3 N–H and O–H groups in total. The number of fused-ring (bicyclic) bond motifs is 1. The summed E-state index contributed by atoms with van der Waals surface area (Å²) in [5.74, 6) is -0.842. The van der Waals surface area contributed by atoms with Crippen LogP contribution in [-0.2, 0) is 20.7 Å². The summed E-state index contributed by atoms with van der Waals surface area (Å²) in [6.45, 7) is 7.86. The van der Waals surface area contributed by atoms with Gasteiger partial charge in [-0.1, -0.05) is 0 Å². The van der Waals surface area contributed by atoms with Gasteiger partial charge in [-0.2, -0.15) is 4.98 Å². The molecule has 35 heavy (non-hydrogen) atoms. The van der Waals surface area contributed by atoms with Crippen LogP contribution in [0.5, 0.6) is 0 Å². The number of carboxylic acids is 1. The maximum absolute atomic E-state index is 12.7. The number of morpholine rings is 1. The molecule has 5 rings (SSSR count). The molecule has 2 saturated heterocycles. The predicted molar refractivity (Wildman–Crippen MR) is 128 cm³/mol. The zero-order valence-electron chi connectivity index (χ0n) is 20.0. The lowest BCUT2D eigenvalue weighted by molar-refractivity contribution is -0.149. The van der Waals surface area contributed by atoms with Gasteiger partial charge in [-0.05, 0) is 26.7 Å². The Kier molecular flexibility index (Phi) is 5.91. The van der Waals surface area contributed by atoms with Gasteiger partial charge >= 0.3 is 5.97 Å². The lowest BCUT2D eigenvalue weighted by Gasteiger charge is -2.37. The average molecular weight is 483 g/mol. The van der Waals surface area contributed by atoms with Gasteiger partial charge in [0.25, 0.3) is 0 Å². The summed E-state index contributed by atoms with van der Waals surface area (Å²) in [7, 11) is 0. The lowest BCUT2D eigenvalue weighted by atomic mass is 9.99. The van der Waals surface area contributed by atoms with Crippen LogP contribution in [0, 0.1) is 5.92 Å². The number of ether oxygens (including phenoxy) is 1. The van der Waals surface area contributed by atoms with Crippen molar-refractivity contribution in [3.05, 3.63) is 18.0 Å². The van der Waals surface area contributed by atoms with E-state index in [0.29, 0.717) is 45.3 Å². The second-order valence-corrected chi connectivity index (χ2v) is 9.57. The summed E-state index contributed by atoms with van der Waals surface area (Å²) in [5.41, 5.74) is 7.91. The molecule has 1 amide bonds. The van der Waals surface area contributed by atoms with Crippen molar-refractivity contribution in [2.24, 2.45) is 5.92 Å². The Balaban J connectivity index is 1.51. The molecule has 12 nitrogen and oxygen atoms in total. The van der Waals surface area contributed by atoms with Gasteiger partial charge in [0.2, 0.25) is 17.8 Å². The minimum Gasteiger partial charge on any atom is -0.481 e. The number of nitrogens with two attached hydrogens (primary N) is 1. The molecular weight excluding hydrogens is 452 g/mol. The zero-order valence-corrected chi connectivity index (χ0v) is 20.0. The smallest absolute Gasteiger partial charge is 0.315 e. The molecule has 0 spiro atoms. The fourth-order valence-electron chi connectivity index (χ4n) is 5.11. The highest BCUT2D eigenvalue weighted by Crippen LogP contribution is 2.41. The van der Waals surface area contributed by atoms with E-state index in [4.69, 9.17) is 20.4 Å². The summed E-state index contributed by atoms with van der Waals surface area (Å²) in [5, 5.41) is 9.29. The summed E-state index contributed by atoms with van der Waals surface area (Å²) in [6.07, 6.45) is 4.83. The third-order valence-electron chi connectivity index (χ3n) is 7.21. The second-order valence-electron chi connectivity index (χ2n) is 9.57. The van der Waals surface area contributed by atoms with E-state index in [1.54, 1.807) is 17.3 Å². The minimum atomic E-state index is -1.10. The molecule has 0 radical (unpaired) electrons. The van der Waals surface area contributed by atoms with Crippen molar-refractivity contribution in [1.29, 1.82) is 0 Å². The molecule has 0 saturated carbocycles. The number of carbonyl (C=O) groups excluding carboxylic acids is 1. The van der Waals surface area contributed by atoms with Crippen molar-refractivity contribution in [1.82, 2.24) is 24.8 Å². The number of aromatic nitrogens is 4. The van der Waals surface area contributed by atoms with Gasteiger partial charge < -0.3 is 30.3 Å². The number of amides is 1. The van der Waals surface area contributed by atoms with Crippen LogP contribution < -0.4 is 15.5 Å². The van der Waals surface area contributed by atoms with Crippen LogP contribution in [0.25, 0.3) is 11.3 Å². The highest BCUT2D eigenvalue weighted by atomic mass is 16.5. The lowest BCUT2D eigenvalue weighted by Crippen LogP contribution is -2.49. The van der Waals surface area contributed by atoms with E-state index in [1.165, 1.54) is 6.92 Å². The molecule has 5 heterocycles. The molecule has 12 heteroatoms. The molecule has 1 unspecified atom stereocenters. The van der Waals surface area contributed by atoms with Crippen molar-refractivity contribution in [3.8, 4) is 11.3 Å². The van der Waals surface area contributed by atoms with E-state index in [1.807, 2.05) is 0 Å². The number of nitrogen functional groups attached to an aromatic ring is 1. The molecule has 0 bridgehead atoms. The molecule has 3 aliphatic heterocycles. The van der Waals surface area contributed by atoms with Gasteiger partial charge in [-0.15, -0.1) is 0 Å². The van der Waals surface area contributed by atoms with Crippen LogP contribution in [0.3, 0.4) is 0 Å². The number of carboxylic acid groups (broad SMARTS) is 1. The van der Waals surface area contributed by atoms with Gasteiger partial charge in [-0.3, -0.25) is 9.59 Å². The number of likely N-dealkylation sites (tertiary alicyclic amines) is 1. The van der Waals surface area contributed by atoms with E-state index in [-0.39, 0.29) is 17.4 Å². The summed E-state index contributed by atoms with van der Waals surface area (Å²) >= 11 is 0.